The van der Waals surface area contributed by atoms with E-state index in [0.29, 0.717) is 12.4 Å². The largest absolute Gasteiger partial charge is 0.460 e. The quantitative estimate of drug-likeness (QED) is 0.561. The van der Waals surface area contributed by atoms with E-state index in [9.17, 15) is 4.79 Å². The number of aliphatic hydroxyl groups excluding tert-OH is 1. The summed E-state index contributed by atoms with van der Waals surface area (Å²) < 4.78 is 6.68. The lowest BCUT2D eigenvalue weighted by Crippen LogP contribution is -2.13. The van der Waals surface area contributed by atoms with Gasteiger partial charge in [-0.25, -0.2) is 9.78 Å². The van der Waals surface area contributed by atoms with Crippen molar-refractivity contribution < 1.29 is 14.6 Å². The van der Waals surface area contributed by atoms with Gasteiger partial charge in [0, 0.05) is 25.5 Å². The second-order valence-corrected chi connectivity index (χ2v) is 3.45. The van der Waals surface area contributed by atoms with E-state index in [4.69, 9.17) is 9.84 Å². The molecule has 5 nitrogen and oxygen atoms in total. The average molecular weight is 226 g/mol. The molecule has 0 saturated carbocycles. The first-order chi connectivity index (χ1) is 7.79. The summed E-state index contributed by atoms with van der Waals surface area (Å²) in [6.07, 6.45) is 6.02. The van der Waals surface area contributed by atoms with E-state index in [1.165, 1.54) is 0 Å². The molecule has 5 heteroatoms. The topological polar surface area (TPSA) is 64.3 Å². The van der Waals surface area contributed by atoms with E-state index >= 15 is 0 Å². The van der Waals surface area contributed by atoms with Gasteiger partial charge in [0.1, 0.15) is 0 Å². The predicted octanol–water partition coefficient (Wildman–Crippen LogP) is 1.22. The number of esters is 1. The van der Waals surface area contributed by atoms with Gasteiger partial charge in [0.2, 0.25) is 5.82 Å². The van der Waals surface area contributed by atoms with Crippen LogP contribution in [0.5, 0.6) is 0 Å². The van der Waals surface area contributed by atoms with Crippen LogP contribution in [-0.2, 0) is 11.3 Å². The molecule has 0 aliphatic carbocycles. The monoisotopic (exact) mass is 226 g/mol. The lowest BCUT2D eigenvalue weighted by atomic mass is 10.2. The lowest BCUT2D eigenvalue weighted by Gasteiger charge is -2.06. The minimum absolute atomic E-state index is 0.217. The highest BCUT2D eigenvalue weighted by Gasteiger charge is 2.12. The minimum atomic E-state index is -0.380. The van der Waals surface area contributed by atoms with Crippen LogP contribution in [0.1, 0.15) is 36.8 Å². The van der Waals surface area contributed by atoms with Gasteiger partial charge in [-0.2, -0.15) is 0 Å². The molecule has 0 radical (unpaired) electrons. The van der Waals surface area contributed by atoms with Crippen molar-refractivity contribution in [3.63, 3.8) is 0 Å². The Morgan fingerprint density at radius 2 is 2.31 bits per heavy atom. The van der Waals surface area contributed by atoms with Gasteiger partial charge in [-0.05, 0) is 26.2 Å². The minimum Gasteiger partial charge on any atom is -0.460 e. The molecule has 0 aliphatic rings. The molecule has 1 aromatic heterocycles. The molecule has 0 amide bonds. The SMILES string of the molecule is CCOC(=O)c1nccn1CCCCCO. The van der Waals surface area contributed by atoms with Crippen molar-refractivity contribution >= 4 is 5.97 Å². The normalized spacial score (nSPS) is 10.4. The first-order valence-corrected chi connectivity index (χ1v) is 5.58. The highest BCUT2D eigenvalue weighted by atomic mass is 16.5. The summed E-state index contributed by atoms with van der Waals surface area (Å²) >= 11 is 0. The van der Waals surface area contributed by atoms with Gasteiger partial charge in [0.15, 0.2) is 0 Å². The number of carbonyl (C=O) groups excluding carboxylic acids is 1. The number of aliphatic hydroxyl groups is 1. The highest BCUT2D eigenvalue weighted by molar-refractivity contribution is 5.85. The third-order valence-electron chi connectivity index (χ3n) is 2.23. The van der Waals surface area contributed by atoms with Crippen LogP contribution < -0.4 is 0 Å². The van der Waals surface area contributed by atoms with Crippen molar-refractivity contribution in [3.8, 4) is 0 Å². The maximum atomic E-state index is 11.5. The number of rotatable bonds is 7. The number of aromatic nitrogens is 2. The van der Waals surface area contributed by atoms with Gasteiger partial charge in [-0.3, -0.25) is 0 Å². The Kier molecular flexibility index (Phi) is 5.56. The standard InChI is InChI=1S/C11H18N2O3/c1-2-16-11(15)10-12-6-8-13(10)7-4-3-5-9-14/h6,8,14H,2-5,7,9H2,1H3. The maximum absolute atomic E-state index is 11.5. The van der Waals surface area contributed by atoms with Crippen molar-refractivity contribution in [3.05, 3.63) is 18.2 Å². The van der Waals surface area contributed by atoms with Crippen LogP contribution in [0.4, 0.5) is 0 Å². The molecule has 1 rings (SSSR count). The smallest absolute Gasteiger partial charge is 0.374 e. The van der Waals surface area contributed by atoms with E-state index in [0.717, 1.165) is 25.8 Å². The number of unbranched alkanes of at least 4 members (excludes halogenated alkanes) is 2. The van der Waals surface area contributed by atoms with Gasteiger partial charge in [-0.1, -0.05) is 0 Å². The van der Waals surface area contributed by atoms with E-state index in [2.05, 4.69) is 4.98 Å². The van der Waals surface area contributed by atoms with Gasteiger partial charge >= 0.3 is 5.97 Å². The molecule has 1 heterocycles. The third-order valence-corrected chi connectivity index (χ3v) is 2.23. The zero-order valence-corrected chi connectivity index (χ0v) is 9.56. The number of nitrogens with zero attached hydrogens (tertiary/aromatic N) is 2. The van der Waals surface area contributed by atoms with Crippen molar-refractivity contribution in [1.29, 1.82) is 0 Å². The van der Waals surface area contributed by atoms with Crippen molar-refractivity contribution in [2.75, 3.05) is 13.2 Å². The molecule has 1 aromatic rings. The lowest BCUT2D eigenvalue weighted by molar-refractivity contribution is 0.0506. The fourth-order valence-corrected chi connectivity index (χ4v) is 1.45. The number of ether oxygens (including phenoxy) is 1. The van der Waals surface area contributed by atoms with Gasteiger partial charge < -0.3 is 14.4 Å². The van der Waals surface area contributed by atoms with Crippen LogP contribution >= 0.6 is 0 Å². The molecule has 0 aromatic carbocycles. The summed E-state index contributed by atoms with van der Waals surface area (Å²) in [7, 11) is 0. The van der Waals surface area contributed by atoms with E-state index in [1.807, 2.05) is 0 Å². The summed E-state index contributed by atoms with van der Waals surface area (Å²) in [6, 6.07) is 0. The van der Waals surface area contributed by atoms with Gasteiger partial charge in [-0.15, -0.1) is 0 Å². The number of aryl methyl sites for hydroxylation is 1. The summed E-state index contributed by atoms with van der Waals surface area (Å²) in [6.45, 7) is 3.07. The Bertz CT molecular complexity index is 323. The van der Waals surface area contributed by atoms with E-state index < -0.39 is 0 Å². The fourth-order valence-electron chi connectivity index (χ4n) is 1.45. The molecule has 1 N–H and O–H groups in total. The summed E-state index contributed by atoms with van der Waals surface area (Å²) in [5.41, 5.74) is 0. The molecule has 0 atom stereocenters. The molecule has 0 fully saturated rings. The first-order valence-electron chi connectivity index (χ1n) is 5.58. The van der Waals surface area contributed by atoms with Gasteiger partial charge in [0.25, 0.3) is 0 Å². The summed E-state index contributed by atoms with van der Waals surface area (Å²) in [5.74, 6) is -0.0273. The summed E-state index contributed by atoms with van der Waals surface area (Å²) in [4.78, 5) is 15.4. The van der Waals surface area contributed by atoms with E-state index in [-0.39, 0.29) is 12.6 Å². The molecule has 16 heavy (non-hydrogen) atoms. The predicted molar refractivity (Wildman–Crippen MR) is 59.1 cm³/mol. The molecular weight excluding hydrogens is 208 g/mol. The van der Waals surface area contributed by atoms with Crippen LogP contribution in [0.3, 0.4) is 0 Å². The molecular formula is C11H18N2O3. The number of imidazole rings is 1. The Morgan fingerprint density at radius 3 is 3.00 bits per heavy atom. The third kappa shape index (κ3) is 3.66. The Labute approximate surface area is 95.1 Å². The Balaban J connectivity index is 2.47. The second kappa shape index (κ2) is 7.00. The highest BCUT2D eigenvalue weighted by Crippen LogP contribution is 2.04. The van der Waals surface area contributed by atoms with Crippen LogP contribution in [0.25, 0.3) is 0 Å². The van der Waals surface area contributed by atoms with Crippen molar-refractivity contribution in [2.45, 2.75) is 32.7 Å². The van der Waals surface area contributed by atoms with Crippen molar-refractivity contribution in [2.24, 2.45) is 0 Å². The fraction of sp³-hybridized carbons (Fsp3) is 0.636. The number of carbonyl (C=O) groups is 1. The Hall–Kier alpha value is -1.36. The summed E-state index contributed by atoms with van der Waals surface area (Å²) in [5, 5.41) is 8.64. The Morgan fingerprint density at radius 1 is 1.50 bits per heavy atom. The number of hydrogen-bond donors (Lipinski definition) is 1. The zero-order valence-electron chi connectivity index (χ0n) is 9.56. The van der Waals surface area contributed by atoms with Crippen LogP contribution in [-0.4, -0.2) is 33.8 Å². The molecule has 0 spiro atoms. The van der Waals surface area contributed by atoms with Gasteiger partial charge in [0.05, 0.1) is 6.61 Å². The molecule has 0 unspecified atom stereocenters. The maximum Gasteiger partial charge on any atom is 0.374 e. The number of hydrogen-bond acceptors (Lipinski definition) is 4. The second-order valence-electron chi connectivity index (χ2n) is 3.45. The van der Waals surface area contributed by atoms with Crippen LogP contribution in [0.2, 0.25) is 0 Å². The van der Waals surface area contributed by atoms with E-state index in [1.54, 1.807) is 23.9 Å². The molecule has 0 aliphatic heterocycles. The first kappa shape index (κ1) is 12.7. The van der Waals surface area contributed by atoms with Crippen molar-refractivity contribution in [1.82, 2.24) is 9.55 Å². The molecule has 90 valence electrons. The zero-order chi connectivity index (χ0) is 11.8. The van der Waals surface area contributed by atoms with Crippen LogP contribution in [0, 0.1) is 0 Å². The molecule has 0 bridgehead atoms. The van der Waals surface area contributed by atoms with Crippen LogP contribution in [0.15, 0.2) is 12.4 Å². The molecule has 0 saturated heterocycles. The average Bonchev–Trinajstić information content (AvgIpc) is 2.73.